The zero-order valence-corrected chi connectivity index (χ0v) is 23.0. The number of benzene rings is 1. The Morgan fingerprint density at radius 1 is 1.21 bits per heavy atom. The second-order valence-corrected chi connectivity index (χ2v) is 9.30. The molecule has 2 aromatic heterocycles. The van der Waals surface area contributed by atoms with E-state index in [-0.39, 0.29) is 44.2 Å². The van der Waals surface area contributed by atoms with E-state index in [2.05, 4.69) is 25.1 Å². The Bertz CT molecular complexity index is 1200. The molecule has 5 N–H and O–H groups in total. The minimum Gasteiger partial charge on any atom is -0.465 e. The average molecular weight is 550 g/mol. The van der Waals surface area contributed by atoms with Crippen LogP contribution in [0.4, 0.5) is 5.95 Å². The molecule has 14 heteroatoms. The van der Waals surface area contributed by atoms with Crippen LogP contribution in [0.2, 0.25) is 0 Å². The Morgan fingerprint density at radius 2 is 1.95 bits per heavy atom. The molecule has 0 aliphatic rings. The first kappa shape index (κ1) is 30.8. The fourth-order valence-corrected chi connectivity index (χ4v) is 4.55. The van der Waals surface area contributed by atoms with E-state index in [9.17, 15) is 14.4 Å². The van der Waals surface area contributed by atoms with Gasteiger partial charge in [-0.2, -0.15) is 4.98 Å². The maximum atomic E-state index is 12.2. The number of rotatable bonds is 14. The van der Waals surface area contributed by atoms with Gasteiger partial charge in [0.15, 0.2) is 11.2 Å². The molecule has 0 saturated carbocycles. The molecule has 0 saturated heterocycles. The first-order chi connectivity index (χ1) is 18.4. The van der Waals surface area contributed by atoms with Gasteiger partial charge in [0.05, 0.1) is 40.7 Å². The van der Waals surface area contributed by atoms with Crippen molar-refractivity contribution in [2.24, 2.45) is 0 Å². The van der Waals surface area contributed by atoms with Gasteiger partial charge >= 0.3 is 11.9 Å². The summed E-state index contributed by atoms with van der Waals surface area (Å²) < 4.78 is 17.8. The Morgan fingerprint density at radius 3 is 2.66 bits per heavy atom. The topological polar surface area (TPSA) is 175 Å². The zero-order chi connectivity index (χ0) is 27.9. The number of nitrogen functional groups attached to an aromatic ring is 1. The molecular weight excluding hydrogens is 513 g/mol. The predicted molar refractivity (Wildman–Crippen MR) is 145 cm³/mol. The van der Waals surface area contributed by atoms with Crippen LogP contribution in [0.1, 0.15) is 33.3 Å². The molecule has 208 valence electrons. The lowest BCUT2D eigenvalue weighted by Gasteiger charge is -2.23. The first-order valence-electron chi connectivity index (χ1n) is 12.3. The number of hydrogen-bond donors (Lipinski definition) is 4. The van der Waals surface area contributed by atoms with Crippen molar-refractivity contribution in [1.29, 1.82) is 0 Å². The van der Waals surface area contributed by atoms with Crippen molar-refractivity contribution in [3.8, 4) is 0 Å². The molecule has 0 radical (unpaired) electrons. The molecule has 1 aromatic carbocycles. The van der Waals surface area contributed by atoms with Crippen LogP contribution in [0.25, 0.3) is 11.2 Å². The number of ether oxygens (including phenoxy) is 3. The van der Waals surface area contributed by atoms with E-state index in [4.69, 9.17) is 19.9 Å². The number of nitrogens with two attached hydrogens (primary N) is 1. The average Bonchev–Trinajstić information content (AvgIpc) is 3.33. The van der Waals surface area contributed by atoms with Crippen LogP contribution in [-0.4, -0.2) is 63.6 Å². The van der Waals surface area contributed by atoms with Crippen molar-refractivity contribution in [2.45, 2.75) is 46.9 Å². The lowest BCUT2D eigenvalue weighted by atomic mass is 10.2. The molecule has 0 aliphatic heterocycles. The molecule has 13 nitrogen and oxygen atoms in total. The lowest BCUT2D eigenvalue weighted by molar-refractivity contribution is -0.144. The lowest BCUT2D eigenvalue weighted by Crippen LogP contribution is -2.37. The van der Waals surface area contributed by atoms with Gasteiger partial charge in [-0.25, -0.2) is 4.98 Å². The summed E-state index contributed by atoms with van der Waals surface area (Å²) >= 11 is 0. The molecule has 0 amide bonds. The molecule has 0 fully saturated rings. The van der Waals surface area contributed by atoms with Gasteiger partial charge in [0.2, 0.25) is 5.95 Å². The molecule has 3 aromatic rings. The summed E-state index contributed by atoms with van der Waals surface area (Å²) in [5.74, 6) is -0.841. The summed E-state index contributed by atoms with van der Waals surface area (Å²) in [6.07, 6.45) is 1.68. The van der Waals surface area contributed by atoms with Crippen molar-refractivity contribution in [3.05, 3.63) is 52.6 Å². The van der Waals surface area contributed by atoms with Crippen LogP contribution in [0.5, 0.6) is 0 Å². The number of imidazole rings is 1. The van der Waals surface area contributed by atoms with Crippen LogP contribution in [-0.2, 0) is 37.0 Å². The maximum Gasteiger partial charge on any atom is 0.323 e. The predicted octanol–water partition coefficient (Wildman–Crippen LogP) is 1.89. The highest BCUT2D eigenvalue weighted by molar-refractivity contribution is 7.53. The van der Waals surface area contributed by atoms with Crippen molar-refractivity contribution >= 4 is 37.3 Å². The van der Waals surface area contributed by atoms with E-state index in [1.54, 1.807) is 18.4 Å². The third kappa shape index (κ3) is 9.82. The third-order valence-corrected chi connectivity index (χ3v) is 6.52. The van der Waals surface area contributed by atoms with Crippen LogP contribution in [0.15, 0.2) is 41.5 Å². The molecule has 0 spiro atoms. The first-order valence-corrected chi connectivity index (χ1v) is 13.8. The van der Waals surface area contributed by atoms with Gasteiger partial charge in [-0.1, -0.05) is 44.2 Å². The van der Waals surface area contributed by atoms with E-state index >= 15 is 0 Å². The molecule has 3 rings (SSSR count). The van der Waals surface area contributed by atoms with Gasteiger partial charge in [-0.3, -0.25) is 29.5 Å². The summed E-state index contributed by atoms with van der Waals surface area (Å²) in [4.78, 5) is 46.8. The molecule has 1 unspecified atom stereocenters. The normalized spacial score (nSPS) is 12.3. The van der Waals surface area contributed by atoms with Crippen LogP contribution in [0, 0.1) is 0 Å². The molecule has 38 heavy (non-hydrogen) atoms. The van der Waals surface area contributed by atoms with Crippen LogP contribution >= 0.6 is 8.22 Å². The maximum absolute atomic E-state index is 12.2. The number of carbonyl (C=O) groups is 2. The number of aromatic nitrogens is 4. The Labute approximate surface area is 222 Å². The summed E-state index contributed by atoms with van der Waals surface area (Å²) in [7, 11) is -1.29. The summed E-state index contributed by atoms with van der Waals surface area (Å²) in [6.45, 7) is 8.39. The molecule has 2 atom stereocenters. The number of esters is 2. The Balaban J connectivity index is 0.00000247. The van der Waals surface area contributed by atoms with E-state index in [0.717, 1.165) is 5.56 Å². The zero-order valence-electron chi connectivity index (χ0n) is 22.1. The Kier molecular flexibility index (Phi) is 13.4. The van der Waals surface area contributed by atoms with Crippen molar-refractivity contribution < 1.29 is 23.8 Å². The minimum atomic E-state index is -1.29. The fraction of sp³-hybridized carbons (Fsp3) is 0.458. The van der Waals surface area contributed by atoms with Gasteiger partial charge in [-0.05, 0) is 19.4 Å². The molecular formula is C24H36N7O6P. The highest BCUT2D eigenvalue weighted by Crippen LogP contribution is 2.26. The van der Waals surface area contributed by atoms with Gasteiger partial charge in [0, 0.05) is 6.54 Å². The second kappa shape index (κ2) is 16.5. The SMILES string of the molecule is CC.CCOC(=O)[C@H](C)NP(COCCn1cnc2c(=O)[nH]c(N)nc21)NCC(=O)OCc1ccccc1. The van der Waals surface area contributed by atoms with Gasteiger partial charge in [-0.15, -0.1) is 0 Å². The summed E-state index contributed by atoms with van der Waals surface area (Å²) in [5, 5.41) is 6.20. The number of carbonyl (C=O) groups excluding carboxylic acids is 2. The standard InChI is InChI=1S/C22H30N7O6P.C2H6/c1-3-34-21(32)15(2)28-36(25-11-17(30)35-12-16-7-5-4-6-8-16)14-33-10-9-29-13-24-18-19(29)26-22(23)27-20(18)31;1-2/h4-8,13,15,25,28H,3,9-12,14H2,1-2H3,(H3,23,26,27,31);1-2H3/t15-,36?;/m0./s1. The number of nitrogens with zero attached hydrogens (tertiary/aromatic N) is 3. The number of nitrogens with one attached hydrogen (secondary N) is 3. The highest BCUT2D eigenvalue weighted by atomic mass is 31.1. The Hall–Kier alpha value is -3.38. The van der Waals surface area contributed by atoms with E-state index in [0.29, 0.717) is 12.2 Å². The summed E-state index contributed by atoms with van der Waals surface area (Å²) in [6, 6.07) is 8.75. The van der Waals surface area contributed by atoms with E-state index in [1.807, 2.05) is 44.2 Å². The quantitative estimate of drug-likeness (QED) is 0.131. The summed E-state index contributed by atoms with van der Waals surface area (Å²) in [5.41, 5.74) is 6.64. The highest BCUT2D eigenvalue weighted by Gasteiger charge is 2.20. The van der Waals surface area contributed by atoms with Crippen molar-refractivity contribution in [1.82, 2.24) is 29.7 Å². The minimum absolute atomic E-state index is 0.000748. The van der Waals surface area contributed by atoms with E-state index < -0.39 is 31.8 Å². The number of fused-ring (bicyclic) bond motifs is 1. The number of hydrogen-bond acceptors (Lipinski definition) is 11. The number of aromatic amines is 1. The van der Waals surface area contributed by atoms with Crippen LogP contribution < -0.4 is 21.5 Å². The number of H-pyrrole nitrogens is 1. The largest absolute Gasteiger partial charge is 0.465 e. The van der Waals surface area contributed by atoms with Gasteiger partial charge in [0.25, 0.3) is 5.56 Å². The van der Waals surface area contributed by atoms with E-state index in [1.165, 1.54) is 6.33 Å². The fourth-order valence-electron chi connectivity index (χ4n) is 3.08. The van der Waals surface area contributed by atoms with Gasteiger partial charge in [0.1, 0.15) is 12.6 Å². The second-order valence-electron chi connectivity index (χ2n) is 7.61. The monoisotopic (exact) mass is 549 g/mol. The van der Waals surface area contributed by atoms with Crippen LogP contribution in [0.3, 0.4) is 0 Å². The smallest absolute Gasteiger partial charge is 0.323 e. The molecule has 2 heterocycles. The third-order valence-electron chi connectivity index (χ3n) is 4.84. The molecule has 0 aliphatic carbocycles. The van der Waals surface area contributed by atoms with Crippen molar-refractivity contribution in [2.75, 3.05) is 31.8 Å². The molecule has 0 bridgehead atoms. The van der Waals surface area contributed by atoms with Gasteiger partial charge < -0.3 is 24.5 Å². The number of anilines is 1. The van der Waals surface area contributed by atoms with Crippen molar-refractivity contribution in [3.63, 3.8) is 0 Å².